The van der Waals surface area contributed by atoms with Gasteiger partial charge in [-0.1, -0.05) is 26.3 Å². The third-order valence-corrected chi connectivity index (χ3v) is 7.66. The minimum Gasteiger partial charge on any atom is -0.360 e. The number of hydrogen-bond acceptors (Lipinski definition) is 7. The minimum absolute atomic E-state index is 0.188. The second kappa shape index (κ2) is 9.44. The zero-order valence-corrected chi connectivity index (χ0v) is 20.3. The van der Waals surface area contributed by atoms with Gasteiger partial charge in [-0.25, -0.2) is 14.7 Å². The van der Waals surface area contributed by atoms with Crippen LogP contribution in [0.4, 0.5) is 11.6 Å². The summed E-state index contributed by atoms with van der Waals surface area (Å²) in [6.07, 6.45) is 4.60. The van der Waals surface area contributed by atoms with Crippen molar-refractivity contribution in [2.24, 2.45) is 5.92 Å². The van der Waals surface area contributed by atoms with E-state index in [0.717, 1.165) is 32.4 Å². The molecule has 1 saturated heterocycles. The van der Waals surface area contributed by atoms with Crippen molar-refractivity contribution in [1.82, 2.24) is 14.7 Å². The molecule has 9 heteroatoms. The molecule has 1 unspecified atom stereocenters. The molecule has 0 bridgehead atoms. The molecule has 2 aromatic heterocycles. The Balaban J connectivity index is 1.85. The van der Waals surface area contributed by atoms with Crippen LogP contribution in [-0.2, 0) is 10.0 Å². The molecular weight excluding hydrogens is 426 g/mol. The van der Waals surface area contributed by atoms with Crippen LogP contribution >= 0.6 is 0 Å². The molecule has 0 saturated carbocycles. The molecule has 3 rings (SSSR count). The molecule has 1 aliphatic heterocycles. The molecule has 174 valence electrons. The Labute approximate surface area is 191 Å². The van der Waals surface area contributed by atoms with E-state index < -0.39 is 15.9 Å². The number of amides is 1. The van der Waals surface area contributed by atoms with Gasteiger partial charge >= 0.3 is 0 Å². The van der Waals surface area contributed by atoms with Gasteiger partial charge in [-0.3, -0.25) is 4.79 Å². The topological polar surface area (TPSA) is 95.5 Å². The van der Waals surface area contributed by atoms with Crippen LogP contribution < -0.4 is 14.5 Å². The Kier molecular flexibility index (Phi) is 7.07. The number of nitrogens with zero attached hydrogens (tertiary/aromatic N) is 4. The van der Waals surface area contributed by atoms with E-state index in [1.165, 1.54) is 6.07 Å². The molecule has 32 heavy (non-hydrogen) atoms. The smallest absolute Gasteiger partial charge is 0.281 e. The van der Waals surface area contributed by atoms with E-state index in [2.05, 4.69) is 47.3 Å². The summed E-state index contributed by atoms with van der Waals surface area (Å²) in [4.78, 5) is 25.8. The van der Waals surface area contributed by atoms with Crippen LogP contribution in [0.3, 0.4) is 0 Å². The first-order valence-electron chi connectivity index (χ1n) is 11.1. The number of unbranched alkanes of at least 4 members (excludes halogenated alkanes) is 1. The third-order valence-electron chi connectivity index (χ3n) is 6.42. The Hall–Kier alpha value is -2.68. The molecule has 0 radical (unpaired) electrons. The number of sulfonamides is 1. The maximum absolute atomic E-state index is 13.1. The van der Waals surface area contributed by atoms with Crippen LogP contribution in [0.25, 0.3) is 0 Å². The number of rotatable bonds is 8. The molecule has 1 amide bonds. The fourth-order valence-corrected chi connectivity index (χ4v) is 4.83. The Bertz CT molecular complexity index is 1070. The van der Waals surface area contributed by atoms with E-state index in [4.69, 9.17) is 0 Å². The maximum atomic E-state index is 13.1. The molecule has 3 heterocycles. The highest BCUT2D eigenvalue weighted by Crippen LogP contribution is 2.38. The lowest BCUT2D eigenvalue weighted by atomic mass is 9.90. The predicted octanol–water partition coefficient (Wildman–Crippen LogP) is 3.46. The number of hydrogen-bond donors (Lipinski definition) is 1. The molecule has 0 aromatic carbocycles. The van der Waals surface area contributed by atoms with Crippen molar-refractivity contribution >= 4 is 27.6 Å². The molecular formula is C23H33N5O3S. The largest absolute Gasteiger partial charge is 0.360 e. The first-order valence-corrected chi connectivity index (χ1v) is 12.5. The van der Waals surface area contributed by atoms with Crippen molar-refractivity contribution in [3.05, 3.63) is 42.1 Å². The van der Waals surface area contributed by atoms with Crippen LogP contribution in [-0.4, -0.2) is 50.0 Å². The van der Waals surface area contributed by atoms with Gasteiger partial charge in [-0.15, -0.1) is 0 Å². The highest BCUT2D eigenvalue weighted by atomic mass is 32.2. The summed E-state index contributed by atoms with van der Waals surface area (Å²) in [6.45, 7) is 10.0. The summed E-state index contributed by atoms with van der Waals surface area (Å²) >= 11 is 0. The second-order valence-electron chi connectivity index (χ2n) is 8.91. The van der Waals surface area contributed by atoms with E-state index in [0.29, 0.717) is 17.6 Å². The van der Waals surface area contributed by atoms with Crippen LogP contribution in [0.2, 0.25) is 0 Å². The van der Waals surface area contributed by atoms with Gasteiger partial charge in [0.25, 0.3) is 15.9 Å². The maximum Gasteiger partial charge on any atom is 0.281 e. The van der Waals surface area contributed by atoms with Crippen molar-refractivity contribution in [3.8, 4) is 0 Å². The average molecular weight is 460 g/mol. The first-order chi connectivity index (χ1) is 15.1. The number of carbonyl (C=O) groups excluding carboxylic acids is 1. The SMILES string of the molecule is CCCCN(C)c1cccc(S(=O)(=O)NC(=O)c2cccnc2N2CCC(C)C2(C)C)n1. The molecule has 1 N–H and O–H groups in total. The van der Waals surface area contributed by atoms with Crippen molar-refractivity contribution in [2.45, 2.75) is 57.5 Å². The van der Waals surface area contributed by atoms with E-state index in [1.807, 2.05) is 11.9 Å². The van der Waals surface area contributed by atoms with E-state index in [9.17, 15) is 13.2 Å². The summed E-state index contributed by atoms with van der Waals surface area (Å²) in [6, 6.07) is 8.02. The molecule has 2 aromatic rings. The van der Waals surface area contributed by atoms with Gasteiger partial charge in [-0.05, 0) is 56.9 Å². The predicted molar refractivity (Wildman–Crippen MR) is 127 cm³/mol. The monoisotopic (exact) mass is 459 g/mol. The molecule has 1 atom stereocenters. The van der Waals surface area contributed by atoms with Crippen LogP contribution in [0.15, 0.2) is 41.6 Å². The van der Waals surface area contributed by atoms with Crippen molar-refractivity contribution in [2.75, 3.05) is 29.9 Å². The lowest BCUT2D eigenvalue weighted by molar-refractivity contribution is 0.0981. The Morgan fingerprint density at radius 2 is 2.03 bits per heavy atom. The quantitative estimate of drug-likeness (QED) is 0.646. The number of aromatic nitrogens is 2. The van der Waals surface area contributed by atoms with Crippen molar-refractivity contribution < 1.29 is 13.2 Å². The highest BCUT2D eigenvalue weighted by Gasteiger charge is 2.40. The molecule has 8 nitrogen and oxygen atoms in total. The normalized spacial score (nSPS) is 17.9. The van der Waals surface area contributed by atoms with Gasteiger partial charge in [0.1, 0.15) is 11.6 Å². The van der Waals surface area contributed by atoms with Gasteiger partial charge in [0, 0.05) is 31.9 Å². The van der Waals surface area contributed by atoms with E-state index in [-0.39, 0.29) is 16.1 Å². The van der Waals surface area contributed by atoms with Crippen molar-refractivity contribution in [1.29, 1.82) is 0 Å². The molecule has 0 spiro atoms. The summed E-state index contributed by atoms with van der Waals surface area (Å²) < 4.78 is 28.1. The highest BCUT2D eigenvalue weighted by molar-refractivity contribution is 7.90. The summed E-state index contributed by atoms with van der Waals surface area (Å²) in [7, 11) is -2.28. The first kappa shape index (κ1) is 24.0. The van der Waals surface area contributed by atoms with Gasteiger partial charge in [0.05, 0.1) is 5.56 Å². The van der Waals surface area contributed by atoms with E-state index >= 15 is 0 Å². The molecule has 0 aliphatic carbocycles. The zero-order valence-electron chi connectivity index (χ0n) is 19.5. The minimum atomic E-state index is -4.15. The molecule has 1 fully saturated rings. The Morgan fingerprint density at radius 3 is 2.69 bits per heavy atom. The summed E-state index contributed by atoms with van der Waals surface area (Å²) in [5.41, 5.74) is 0.0378. The third kappa shape index (κ3) is 4.87. The zero-order chi connectivity index (χ0) is 23.5. The van der Waals surface area contributed by atoms with Gasteiger partial charge < -0.3 is 9.80 Å². The van der Waals surface area contributed by atoms with Crippen LogP contribution in [0.5, 0.6) is 0 Å². The Morgan fingerprint density at radius 1 is 1.28 bits per heavy atom. The number of carbonyl (C=O) groups is 1. The molecule has 1 aliphatic rings. The van der Waals surface area contributed by atoms with E-state index in [1.54, 1.807) is 30.5 Å². The number of pyridine rings is 2. The number of anilines is 2. The van der Waals surface area contributed by atoms with Crippen LogP contribution in [0, 0.1) is 5.92 Å². The van der Waals surface area contributed by atoms with Gasteiger partial charge in [0.15, 0.2) is 5.03 Å². The second-order valence-corrected chi connectivity index (χ2v) is 10.5. The lowest BCUT2D eigenvalue weighted by Gasteiger charge is -2.36. The van der Waals surface area contributed by atoms with Gasteiger partial charge in [-0.2, -0.15) is 8.42 Å². The average Bonchev–Trinajstić information content (AvgIpc) is 3.04. The summed E-state index contributed by atoms with van der Waals surface area (Å²) in [5.74, 6) is 0.745. The van der Waals surface area contributed by atoms with Crippen LogP contribution in [0.1, 0.15) is 57.3 Å². The fraction of sp³-hybridized carbons (Fsp3) is 0.522. The standard InChI is InChI=1S/C23H33N5O3S/c1-6-7-15-27(5)19-11-8-12-20(25-19)32(30,31)26-22(29)18-10-9-14-24-21(18)28-16-13-17(2)23(28,3)4/h8-12,14,17H,6-7,13,15-16H2,1-5H3,(H,26,29). The lowest BCUT2D eigenvalue weighted by Crippen LogP contribution is -2.43. The number of nitrogens with one attached hydrogen (secondary N) is 1. The van der Waals surface area contributed by atoms with Crippen molar-refractivity contribution in [3.63, 3.8) is 0 Å². The summed E-state index contributed by atoms with van der Waals surface area (Å²) in [5, 5.41) is -0.188. The van der Waals surface area contributed by atoms with Gasteiger partial charge in [0.2, 0.25) is 0 Å². The fourth-order valence-electron chi connectivity index (χ4n) is 3.90.